The van der Waals surface area contributed by atoms with E-state index in [2.05, 4.69) is 9.97 Å². The van der Waals surface area contributed by atoms with Gasteiger partial charge in [0.05, 0.1) is 5.75 Å². The first-order valence-electron chi connectivity index (χ1n) is 7.69. The normalized spacial score (nSPS) is 11.0. The lowest BCUT2D eigenvalue weighted by Crippen LogP contribution is -2.37. The highest BCUT2D eigenvalue weighted by Gasteiger charge is 2.18. The van der Waals surface area contributed by atoms with Crippen molar-refractivity contribution < 1.29 is 9.90 Å². The molecular formula is C17H16N4O4S. The van der Waals surface area contributed by atoms with Gasteiger partial charge in [0.1, 0.15) is 10.4 Å². The molecule has 0 aliphatic rings. The predicted octanol–water partition coefficient (Wildman–Crippen LogP) is 1.18. The van der Waals surface area contributed by atoms with Crippen LogP contribution in [0.1, 0.15) is 5.56 Å². The molecule has 9 heteroatoms. The highest BCUT2D eigenvalue weighted by atomic mass is 32.2. The van der Waals surface area contributed by atoms with Crippen LogP contribution in [0.2, 0.25) is 0 Å². The van der Waals surface area contributed by atoms with Gasteiger partial charge in [0.15, 0.2) is 11.5 Å². The zero-order chi connectivity index (χ0) is 19.0. The van der Waals surface area contributed by atoms with E-state index < -0.39 is 17.2 Å². The molecule has 0 unspecified atom stereocenters. The molecule has 0 amide bonds. The minimum atomic E-state index is -1.03. The van der Waals surface area contributed by atoms with E-state index in [0.717, 1.165) is 21.9 Å². The summed E-state index contributed by atoms with van der Waals surface area (Å²) < 4.78 is 2.23. The van der Waals surface area contributed by atoms with Crippen molar-refractivity contribution in [1.29, 1.82) is 0 Å². The van der Waals surface area contributed by atoms with Gasteiger partial charge in [-0.3, -0.25) is 18.7 Å². The van der Waals surface area contributed by atoms with Crippen molar-refractivity contribution in [3.05, 3.63) is 50.7 Å². The number of nitrogens with zero attached hydrogens (tertiary/aromatic N) is 4. The maximum atomic E-state index is 12.6. The molecule has 2 heterocycles. The smallest absolute Gasteiger partial charge is 0.332 e. The van der Waals surface area contributed by atoms with Crippen molar-refractivity contribution in [3.63, 3.8) is 0 Å². The van der Waals surface area contributed by atoms with Crippen LogP contribution in [-0.2, 0) is 18.9 Å². The second-order valence-electron chi connectivity index (χ2n) is 5.81. The number of fused-ring (bicyclic) bond motifs is 1. The maximum Gasteiger partial charge on any atom is 0.332 e. The standard InChI is InChI=1S/C17H16N4O4S/c1-9-4-6-10(7-5-9)13-18-14-12(15(19-13)26-8-11(22)23)16(24)21(3)17(25)20(14)2/h4-7H,8H2,1-3H3,(H,22,23). The Morgan fingerprint density at radius 1 is 1.12 bits per heavy atom. The molecule has 0 saturated carbocycles. The molecule has 26 heavy (non-hydrogen) atoms. The first kappa shape index (κ1) is 17.9. The predicted molar refractivity (Wildman–Crippen MR) is 98.6 cm³/mol. The van der Waals surface area contributed by atoms with Crippen molar-refractivity contribution in [2.75, 3.05) is 5.75 Å². The van der Waals surface area contributed by atoms with E-state index in [1.54, 1.807) is 0 Å². The Balaban J connectivity index is 2.35. The molecule has 0 saturated heterocycles. The summed E-state index contributed by atoms with van der Waals surface area (Å²) >= 11 is 0.928. The Morgan fingerprint density at radius 3 is 2.38 bits per heavy atom. The quantitative estimate of drug-likeness (QED) is 0.541. The Bertz CT molecular complexity index is 1130. The molecular weight excluding hydrogens is 356 g/mol. The average molecular weight is 372 g/mol. The second kappa shape index (κ2) is 6.75. The van der Waals surface area contributed by atoms with Crippen LogP contribution in [-0.4, -0.2) is 35.9 Å². The summed E-state index contributed by atoms with van der Waals surface area (Å²) in [4.78, 5) is 44.6. The fourth-order valence-electron chi connectivity index (χ4n) is 2.50. The highest BCUT2D eigenvalue weighted by Crippen LogP contribution is 2.26. The molecule has 0 aliphatic carbocycles. The number of thioether (sulfide) groups is 1. The minimum absolute atomic E-state index is 0.136. The van der Waals surface area contributed by atoms with Crippen molar-refractivity contribution in [3.8, 4) is 11.4 Å². The zero-order valence-corrected chi connectivity index (χ0v) is 15.2. The second-order valence-corrected chi connectivity index (χ2v) is 6.77. The molecule has 134 valence electrons. The van der Waals surface area contributed by atoms with Gasteiger partial charge in [-0.05, 0) is 6.92 Å². The lowest BCUT2D eigenvalue weighted by molar-refractivity contribution is -0.133. The van der Waals surface area contributed by atoms with E-state index in [-0.39, 0.29) is 21.8 Å². The maximum absolute atomic E-state index is 12.6. The number of aromatic nitrogens is 4. The SMILES string of the molecule is Cc1ccc(-c2nc(SCC(=O)O)c3c(=O)n(C)c(=O)n(C)c3n2)cc1. The summed E-state index contributed by atoms with van der Waals surface area (Å²) in [5.41, 5.74) is 0.896. The van der Waals surface area contributed by atoms with Crippen LogP contribution in [0.5, 0.6) is 0 Å². The van der Waals surface area contributed by atoms with Crippen LogP contribution in [0.4, 0.5) is 0 Å². The molecule has 0 fully saturated rings. The number of aryl methyl sites for hydroxylation is 2. The monoisotopic (exact) mass is 372 g/mol. The summed E-state index contributed by atoms with van der Waals surface area (Å²) in [5, 5.41) is 9.36. The molecule has 3 rings (SSSR count). The van der Waals surface area contributed by atoms with Gasteiger partial charge in [-0.25, -0.2) is 14.8 Å². The van der Waals surface area contributed by atoms with E-state index in [1.165, 1.54) is 18.7 Å². The van der Waals surface area contributed by atoms with Crippen LogP contribution < -0.4 is 11.2 Å². The van der Waals surface area contributed by atoms with Gasteiger partial charge >= 0.3 is 11.7 Å². The van der Waals surface area contributed by atoms with Gasteiger partial charge in [0.25, 0.3) is 5.56 Å². The third kappa shape index (κ3) is 3.13. The topological polar surface area (TPSA) is 107 Å². The van der Waals surface area contributed by atoms with E-state index in [9.17, 15) is 14.4 Å². The molecule has 0 aliphatic heterocycles. The van der Waals surface area contributed by atoms with Crippen LogP contribution in [0.3, 0.4) is 0 Å². The Morgan fingerprint density at radius 2 is 1.77 bits per heavy atom. The van der Waals surface area contributed by atoms with Crippen molar-refractivity contribution in [2.45, 2.75) is 11.9 Å². The van der Waals surface area contributed by atoms with Gasteiger partial charge in [-0.15, -0.1) is 0 Å². The van der Waals surface area contributed by atoms with Gasteiger partial charge in [-0.1, -0.05) is 41.6 Å². The molecule has 0 spiro atoms. The Kier molecular flexibility index (Phi) is 4.64. The third-order valence-corrected chi connectivity index (χ3v) is 4.87. The molecule has 0 atom stereocenters. The zero-order valence-electron chi connectivity index (χ0n) is 14.4. The fraction of sp³-hybridized carbons (Fsp3) is 0.235. The van der Waals surface area contributed by atoms with E-state index in [1.807, 2.05) is 31.2 Å². The largest absolute Gasteiger partial charge is 0.481 e. The van der Waals surface area contributed by atoms with Gasteiger partial charge < -0.3 is 5.11 Å². The van der Waals surface area contributed by atoms with Crippen molar-refractivity contribution in [1.82, 2.24) is 19.1 Å². The summed E-state index contributed by atoms with van der Waals surface area (Å²) in [6.45, 7) is 1.95. The molecule has 1 N–H and O–H groups in total. The number of rotatable bonds is 4. The molecule has 8 nitrogen and oxygen atoms in total. The number of carboxylic acids is 1. The number of hydrogen-bond acceptors (Lipinski definition) is 6. The van der Waals surface area contributed by atoms with Crippen molar-refractivity contribution >= 4 is 28.8 Å². The number of benzene rings is 1. The van der Waals surface area contributed by atoms with E-state index >= 15 is 0 Å². The van der Waals surface area contributed by atoms with Crippen LogP contribution in [0.15, 0.2) is 38.9 Å². The molecule has 2 aromatic heterocycles. The van der Waals surface area contributed by atoms with E-state index in [4.69, 9.17) is 5.11 Å². The summed E-state index contributed by atoms with van der Waals surface area (Å²) in [5.74, 6) is -0.959. The van der Waals surface area contributed by atoms with Crippen LogP contribution >= 0.6 is 11.8 Å². The molecule has 1 aromatic carbocycles. The average Bonchev–Trinajstić information content (AvgIpc) is 2.62. The van der Waals surface area contributed by atoms with Gasteiger partial charge in [0, 0.05) is 19.7 Å². The first-order chi connectivity index (χ1) is 12.3. The highest BCUT2D eigenvalue weighted by molar-refractivity contribution is 8.00. The number of carbonyl (C=O) groups is 1. The lowest BCUT2D eigenvalue weighted by atomic mass is 10.1. The fourth-order valence-corrected chi connectivity index (χ4v) is 3.23. The van der Waals surface area contributed by atoms with Gasteiger partial charge in [0.2, 0.25) is 0 Å². The Labute approximate surface area is 152 Å². The first-order valence-corrected chi connectivity index (χ1v) is 8.67. The van der Waals surface area contributed by atoms with E-state index in [0.29, 0.717) is 11.4 Å². The van der Waals surface area contributed by atoms with Crippen LogP contribution in [0, 0.1) is 6.92 Å². The third-order valence-electron chi connectivity index (χ3n) is 3.91. The lowest BCUT2D eigenvalue weighted by Gasteiger charge is -2.11. The molecule has 3 aromatic rings. The van der Waals surface area contributed by atoms with Crippen molar-refractivity contribution in [2.24, 2.45) is 14.1 Å². The summed E-state index contributed by atoms with van der Waals surface area (Å²) in [6, 6.07) is 7.47. The summed E-state index contributed by atoms with van der Waals surface area (Å²) in [7, 11) is 2.88. The number of carboxylic acid groups (broad SMARTS) is 1. The Hall–Kier alpha value is -2.94. The minimum Gasteiger partial charge on any atom is -0.481 e. The number of hydrogen-bond donors (Lipinski definition) is 1. The summed E-state index contributed by atoms with van der Waals surface area (Å²) in [6.07, 6.45) is 0. The molecule has 0 radical (unpaired) electrons. The van der Waals surface area contributed by atoms with Crippen LogP contribution in [0.25, 0.3) is 22.4 Å². The number of aliphatic carboxylic acids is 1. The van der Waals surface area contributed by atoms with Gasteiger partial charge in [-0.2, -0.15) is 0 Å². The molecule has 0 bridgehead atoms.